The molecule has 0 bridgehead atoms. The predicted molar refractivity (Wildman–Crippen MR) is 74.7 cm³/mol. The Hall–Kier alpha value is -1.48. The monoisotopic (exact) mass is 259 g/mol. The number of hydrogen-bond acceptors (Lipinski definition) is 2. The Labute approximate surface area is 110 Å². The second-order valence-electron chi connectivity index (χ2n) is 4.45. The van der Waals surface area contributed by atoms with E-state index in [1.165, 1.54) is 16.5 Å². The van der Waals surface area contributed by atoms with Crippen LogP contribution in [0.25, 0.3) is 0 Å². The number of fused-ring (bicyclic) bond motifs is 1. The second-order valence-corrected chi connectivity index (χ2v) is 5.33. The number of thioether (sulfide) groups is 1. The maximum atomic E-state index is 13.6. The number of anilines is 1. The fourth-order valence-corrected chi connectivity index (χ4v) is 2.79. The van der Waals surface area contributed by atoms with E-state index in [9.17, 15) is 4.39 Å². The SMILES string of the molecule is CSc1ccc(C2Cc3cccc(F)c3N2)cc1. The molecule has 0 fully saturated rings. The molecule has 0 aliphatic carbocycles. The van der Waals surface area contributed by atoms with Crippen LogP contribution in [0.2, 0.25) is 0 Å². The van der Waals surface area contributed by atoms with Crippen LogP contribution in [0, 0.1) is 5.82 Å². The molecule has 1 heterocycles. The fraction of sp³-hybridized carbons (Fsp3) is 0.200. The zero-order chi connectivity index (χ0) is 12.5. The lowest BCUT2D eigenvalue weighted by Gasteiger charge is -2.12. The van der Waals surface area contributed by atoms with Gasteiger partial charge in [-0.1, -0.05) is 24.3 Å². The van der Waals surface area contributed by atoms with Crippen molar-refractivity contribution in [3.8, 4) is 0 Å². The third-order valence-electron chi connectivity index (χ3n) is 3.36. The molecule has 1 nitrogen and oxygen atoms in total. The molecule has 2 aromatic rings. The van der Waals surface area contributed by atoms with Gasteiger partial charge in [-0.05, 0) is 42.0 Å². The molecule has 92 valence electrons. The van der Waals surface area contributed by atoms with E-state index in [1.54, 1.807) is 17.8 Å². The van der Waals surface area contributed by atoms with E-state index in [1.807, 2.05) is 6.07 Å². The highest BCUT2D eigenvalue weighted by molar-refractivity contribution is 7.98. The van der Waals surface area contributed by atoms with Gasteiger partial charge in [0.2, 0.25) is 0 Å². The van der Waals surface area contributed by atoms with Crippen molar-refractivity contribution in [3.05, 3.63) is 59.4 Å². The van der Waals surface area contributed by atoms with E-state index in [0.29, 0.717) is 5.69 Å². The van der Waals surface area contributed by atoms with E-state index >= 15 is 0 Å². The van der Waals surface area contributed by atoms with Crippen LogP contribution in [-0.4, -0.2) is 6.26 Å². The van der Waals surface area contributed by atoms with E-state index < -0.39 is 0 Å². The number of hydrogen-bond donors (Lipinski definition) is 1. The first-order valence-electron chi connectivity index (χ1n) is 5.96. The lowest BCUT2D eigenvalue weighted by Crippen LogP contribution is -2.05. The van der Waals surface area contributed by atoms with Crippen molar-refractivity contribution in [3.63, 3.8) is 0 Å². The van der Waals surface area contributed by atoms with Crippen LogP contribution in [0.15, 0.2) is 47.4 Å². The van der Waals surface area contributed by atoms with E-state index in [2.05, 4.69) is 35.8 Å². The van der Waals surface area contributed by atoms with Crippen molar-refractivity contribution in [1.82, 2.24) is 0 Å². The minimum absolute atomic E-state index is 0.157. The largest absolute Gasteiger partial charge is 0.375 e. The summed E-state index contributed by atoms with van der Waals surface area (Å²) >= 11 is 1.73. The molecule has 3 rings (SSSR count). The van der Waals surface area contributed by atoms with Crippen LogP contribution in [0.5, 0.6) is 0 Å². The molecule has 1 aliphatic heterocycles. The zero-order valence-electron chi connectivity index (χ0n) is 10.1. The highest BCUT2D eigenvalue weighted by Gasteiger charge is 2.24. The van der Waals surface area contributed by atoms with Gasteiger partial charge in [-0.25, -0.2) is 4.39 Å². The maximum Gasteiger partial charge on any atom is 0.146 e. The first-order valence-corrected chi connectivity index (χ1v) is 7.18. The molecular weight excluding hydrogens is 245 g/mol. The van der Waals surface area contributed by atoms with E-state index in [0.717, 1.165) is 12.0 Å². The van der Waals surface area contributed by atoms with Gasteiger partial charge in [-0.3, -0.25) is 0 Å². The van der Waals surface area contributed by atoms with E-state index in [4.69, 9.17) is 0 Å². The molecule has 2 aromatic carbocycles. The topological polar surface area (TPSA) is 12.0 Å². The van der Waals surface area contributed by atoms with Crippen LogP contribution in [-0.2, 0) is 6.42 Å². The molecule has 1 unspecified atom stereocenters. The Morgan fingerprint density at radius 1 is 1.17 bits per heavy atom. The third-order valence-corrected chi connectivity index (χ3v) is 4.10. The Bertz CT molecular complexity index is 565. The average Bonchev–Trinajstić information content (AvgIpc) is 2.84. The Balaban J connectivity index is 1.86. The normalized spacial score (nSPS) is 17.3. The quantitative estimate of drug-likeness (QED) is 0.809. The molecular formula is C15H14FNS. The molecule has 0 saturated carbocycles. The summed E-state index contributed by atoms with van der Waals surface area (Å²) in [7, 11) is 0. The van der Waals surface area contributed by atoms with Gasteiger partial charge in [0.1, 0.15) is 5.82 Å². The van der Waals surface area contributed by atoms with Crippen LogP contribution < -0.4 is 5.32 Å². The standard InChI is InChI=1S/C15H14FNS/c1-18-12-7-5-10(6-8-12)14-9-11-3-2-4-13(16)15(11)17-14/h2-8,14,17H,9H2,1H3. The predicted octanol–water partition coefficient (Wildman–Crippen LogP) is 4.26. The minimum Gasteiger partial charge on any atom is -0.375 e. The number of para-hydroxylation sites is 1. The number of nitrogens with one attached hydrogen (secondary N) is 1. The van der Waals surface area contributed by atoms with Crippen molar-refractivity contribution in [2.45, 2.75) is 17.4 Å². The van der Waals surface area contributed by atoms with Crippen LogP contribution in [0.1, 0.15) is 17.2 Å². The second kappa shape index (κ2) is 4.65. The first kappa shape index (κ1) is 11.6. The summed E-state index contributed by atoms with van der Waals surface area (Å²) in [6, 6.07) is 13.9. The molecule has 1 atom stereocenters. The number of halogens is 1. The van der Waals surface area contributed by atoms with Crippen molar-refractivity contribution < 1.29 is 4.39 Å². The lowest BCUT2D eigenvalue weighted by atomic mass is 10.0. The Morgan fingerprint density at radius 3 is 2.61 bits per heavy atom. The lowest BCUT2D eigenvalue weighted by molar-refractivity contribution is 0.630. The van der Waals surface area contributed by atoms with Crippen molar-refractivity contribution in [2.75, 3.05) is 11.6 Å². The summed E-state index contributed by atoms with van der Waals surface area (Å²) in [5.74, 6) is -0.157. The Kier molecular flexibility index (Phi) is 3.00. The smallest absolute Gasteiger partial charge is 0.146 e. The minimum atomic E-state index is -0.157. The van der Waals surface area contributed by atoms with Crippen molar-refractivity contribution in [2.24, 2.45) is 0 Å². The summed E-state index contributed by atoms with van der Waals surface area (Å²) in [6.07, 6.45) is 2.92. The first-order chi connectivity index (χ1) is 8.78. The number of rotatable bonds is 2. The molecule has 0 aromatic heterocycles. The maximum absolute atomic E-state index is 13.6. The van der Waals surface area contributed by atoms with E-state index in [-0.39, 0.29) is 11.9 Å². The van der Waals surface area contributed by atoms with Gasteiger partial charge < -0.3 is 5.32 Å². The van der Waals surface area contributed by atoms with Crippen LogP contribution in [0.3, 0.4) is 0 Å². The van der Waals surface area contributed by atoms with Gasteiger partial charge in [0.05, 0.1) is 11.7 Å². The highest BCUT2D eigenvalue weighted by Crippen LogP contribution is 2.36. The summed E-state index contributed by atoms with van der Waals surface area (Å²) in [6.45, 7) is 0. The fourth-order valence-electron chi connectivity index (χ4n) is 2.38. The van der Waals surface area contributed by atoms with Gasteiger partial charge >= 0.3 is 0 Å². The van der Waals surface area contributed by atoms with Gasteiger partial charge in [0.15, 0.2) is 0 Å². The van der Waals surface area contributed by atoms with Gasteiger partial charge in [-0.2, -0.15) is 0 Å². The highest BCUT2D eigenvalue weighted by atomic mass is 32.2. The molecule has 0 radical (unpaired) electrons. The number of benzene rings is 2. The summed E-state index contributed by atoms with van der Waals surface area (Å²) in [5.41, 5.74) is 2.94. The third kappa shape index (κ3) is 1.99. The zero-order valence-corrected chi connectivity index (χ0v) is 10.9. The summed E-state index contributed by atoms with van der Waals surface area (Å²) < 4.78 is 13.6. The summed E-state index contributed by atoms with van der Waals surface area (Å²) in [4.78, 5) is 1.25. The van der Waals surface area contributed by atoms with Gasteiger partial charge in [-0.15, -0.1) is 11.8 Å². The molecule has 1 N–H and O–H groups in total. The molecule has 1 aliphatic rings. The van der Waals surface area contributed by atoms with Crippen LogP contribution in [0.4, 0.5) is 10.1 Å². The average molecular weight is 259 g/mol. The van der Waals surface area contributed by atoms with Crippen molar-refractivity contribution >= 4 is 17.4 Å². The molecule has 0 spiro atoms. The summed E-state index contributed by atoms with van der Waals surface area (Å²) in [5, 5.41) is 3.27. The Morgan fingerprint density at radius 2 is 1.94 bits per heavy atom. The molecule has 0 amide bonds. The molecule has 0 saturated heterocycles. The molecule has 3 heteroatoms. The van der Waals surface area contributed by atoms with Crippen molar-refractivity contribution in [1.29, 1.82) is 0 Å². The van der Waals surface area contributed by atoms with Crippen LogP contribution >= 0.6 is 11.8 Å². The molecule has 18 heavy (non-hydrogen) atoms. The van der Waals surface area contributed by atoms with Gasteiger partial charge in [0, 0.05) is 4.90 Å². The van der Waals surface area contributed by atoms with Gasteiger partial charge in [0.25, 0.3) is 0 Å².